The summed E-state index contributed by atoms with van der Waals surface area (Å²) in [5, 5.41) is 24.5. The molecule has 0 aliphatic heterocycles. The van der Waals surface area contributed by atoms with Crippen LogP contribution >= 0.6 is 11.6 Å². The van der Waals surface area contributed by atoms with Crippen molar-refractivity contribution in [3.8, 4) is 0 Å². The van der Waals surface area contributed by atoms with Crippen LogP contribution in [0.15, 0.2) is 18.2 Å². The predicted octanol–water partition coefficient (Wildman–Crippen LogP) is 3.13. The first-order chi connectivity index (χ1) is 9.21. The van der Waals surface area contributed by atoms with Gasteiger partial charge in [0.25, 0.3) is 5.69 Å². The lowest BCUT2D eigenvalue weighted by Crippen LogP contribution is -2.38. The number of non-ortho nitro benzene ring substituents is 1. The molecule has 1 atom stereocenters. The highest BCUT2D eigenvalue weighted by atomic mass is 35.5. The Morgan fingerprint density at radius 2 is 2.15 bits per heavy atom. The van der Waals surface area contributed by atoms with Crippen LogP contribution in [0.4, 0.5) is 5.69 Å². The molecule has 0 amide bonds. The van der Waals surface area contributed by atoms with Crippen molar-refractivity contribution in [2.24, 2.45) is 5.92 Å². The lowest BCUT2D eigenvalue weighted by Gasteiger charge is -2.25. The topological polar surface area (TPSA) is 75.4 Å². The van der Waals surface area contributed by atoms with E-state index in [1.54, 1.807) is 6.92 Å². The first-order valence-electron chi connectivity index (χ1n) is 6.57. The molecule has 0 aliphatic rings. The fraction of sp³-hybridized carbons (Fsp3) is 0.571. The standard InChI is InChI=1S/C14H21ClN2O3/c1-10(2)7-14(3,18)9-16-8-11-6-12(17(19)20)4-5-13(11)15/h4-6,10,16,18H,7-9H2,1-3H3. The average Bonchev–Trinajstić information content (AvgIpc) is 2.29. The zero-order valence-corrected chi connectivity index (χ0v) is 12.8. The summed E-state index contributed by atoms with van der Waals surface area (Å²) in [6.07, 6.45) is 0.683. The van der Waals surface area contributed by atoms with Crippen LogP contribution in [0.5, 0.6) is 0 Å². The number of nitro groups is 1. The van der Waals surface area contributed by atoms with E-state index in [9.17, 15) is 15.2 Å². The third-order valence-corrected chi connectivity index (χ3v) is 3.28. The minimum Gasteiger partial charge on any atom is -0.389 e. The number of nitrogens with zero attached hydrogens (tertiary/aromatic N) is 1. The van der Waals surface area contributed by atoms with Crippen molar-refractivity contribution in [3.63, 3.8) is 0 Å². The Kier molecular flexibility index (Phi) is 5.92. The van der Waals surface area contributed by atoms with Gasteiger partial charge in [-0.3, -0.25) is 10.1 Å². The van der Waals surface area contributed by atoms with Gasteiger partial charge in [0.1, 0.15) is 0 Å². The Labute approximate surface area is 124 Å². The van der Waals surface area contributed by atoms with E-state index >= 15 is 0 Å². The summed E-state index contributed by atoms with van der Waals surface area (Å²) in [5.74, 6) is 0.396. The summed E-state index contributed by atoms with van der Waals surface area (Å²) in [4.78, 5) is 10.3. The molecule has 0 saturated carbocycles. The van der Waals surface area contributed by atoms with Gasteiger partial charge in [-0.1, -0.05) is 25.4 Å². The van der Waals surface area contributed by atoms with E-state index in [1.807, 2.05) is 13.8 Å². The molecule has 0 radical (unpaired) electrons. The Morgan fingerprint density at radius 3 is 2.70 bits per heavy atom. The molecule has 2 N–H and O–H groups in total. The van der Waals surface area contributed by atoms with Crippen LogP contribution in [0.3, 0.4) is 0 Å². The van der Waals surface area contributed by atoms with Gasteiger partial charge in [-0.05, 0) is 30.9 Å². The smallest absolute Gasteiger partial charge is 0.269 e. The molecule has 1 unspecified atom stereocenters. The van der Waals surface area contributed by atoms with Crippen molar-refractivity contribution in [1.29, 1.82) is 0 Å². The van der Waals surface area contributed by atoms with Gasteiger partial charge in [0.2, 0.25) is 0 Å². The number of hydrogen-bond acceptors (Lipinski definition) is 4. The summed E-state index contributed by atoms with van der Waals surface area (Å²) in [7, 11) is 0. The lowest BCUT2D eigenvalue weighted by molar-refractivity contribution is -0.384. The molecule has 20 heavy (non-hydrogen) atoms. The molecule has 0 aromatic heterocycles. The van der Waals surface area contributed by atoms with Crippen molar-refractivity contribution < 1.29 is 10.0 Å². The van der Waals surface area contributed by atoms with Crippen LogP contribution in [-0.2, 0) is 6.54 Å². The van der Waals surface area contributed by atoms with E-state index in [1.165, 1.54) is 18.2 Å². The first kappa shape index (κ1) is 16.9. The zero-order chi connectivity index (χ0) is 15.3. The molecule has 0 aliphatic carbocycles. The van der Waals surface area contributed by atoms with Crippen LogP contribution in [-0.4, -0.2) is 22.2 Å². The second-order valence-electron chi connectivity index (χ2n) is 5.73. The second kappa shape index (κ2) is 7.02. The molecule has 1 aromatic carbocycles. The molecule has 0 fully saturated rings. The third-order valence-electron chi connectivity index (χ3n) is 2.91. The van der Waals surface area contributed by atoms with Crippen molar-refractivity contribution in [1.82, 2.24) is 5.32 Å². The second-order valence-corrected chi connectivity index (χ2v) is 6.14. The van der Waals surface area contributed by atoms with Crippen LogP contribution in [0, 0.1) is 16.0 Å². The maximum atomic E-state index is 10.7. The van der Waals surface area contributed by atoms with Gasteiger partial charge in [0.15, 0.2) is 0 Å². The molecule has 1 aromatic rings. The van der Waals surface area contributed by atoms with E-state index in [0.29, 0.717) is 36.0 Å². The Morgan fingerprint density at radius 1 is 1.50 bits per heavy atom. The van der Waals surface area contributed by atoms with Gasteiger partial charge < -0.3 is 10.4 Å². The fourth-order valence-electron chi connectivity index (χ4n) is 2.23. The molecule has 0 heterocycles. The number of rotatable bonds is 7. The predicted molar refractivity (Wildman–Crippen MR) is 79.9 cm³/mol. The molecule has 112 valence electrons. The molecule has 0 spiro atoms. The number of nitro benzene ring substituents is 1. The highest BCUT2D eigenvalue weighted by molar-refractivity contribution is 6.31. The summed E-state index contributed by atoms with van der Waals surface area (Å²) in [6, 6.07) is 4.34. The summed E-state index contributed by atoms with van der Waals surface area (Å²) in [5.41, 5.74) is -0.136. The van der Waals surface area contributed by atoms with E-state index < -0.39 is 10.5 Å². The van der Waals surface area contributed by atoms with E-state index in [2.05, 4.69) is 5.32 Å². The molecular weight excluding hydrogens is 280 g/mol. The summed E-state index contributed by atoms with van der Waals surface area (Å²) >= 11 is 6.01. The van der Waals surface area contributed by atoms with Crippen LogP contribution in [0.1, 0.15) is 32.8 Å². The lowest BCUT2D eigenvalue weighted by atomic mass is 9.94. The molecule has 0 saturated heterocycles. The van der Waals surface area contributed by atoms with E-state index in [0.717, 1.165) is 0 Å². The quantitative estimate of drug-likeness (QED) is 0.599. The van der Waals surface area contributed by atoms with E-state index in [-0.39, 0.29) is 5.69 Å². The Hall–Kier alpha value is -1.17. The van der Waals surface area contributed by atoms with Gasteiger partial charge in [-0.2, -0.15) is 0 Å². The minimum atomic E-state index is -0.804. The largest absolute Gasteiger partial charge is 0.389 e. The van der Waals surface area contributed by atoms with Crippen molar-refractivity contribution in [3.05, 3.63) is 38.9 Å². The van der Waals surface area contributed by atoms with E-state index in [4.69, 9.17) is 11.6 Å². The van der Waals surface area contributed by atoms with Crippen LogP contribution in [0.2, 0.25) is 5.02 Å². The molecule has 1 rings (SSSR count). The number of aliphatic hydroxyl groups is 1. The minimum absolute atomic E-state index is 0.0140. The Bertz CT molecular complexity index is 475. The van der Waals surface area contributed by atoms with Gasteiger partial charge in [0, 0.05) is 30.2 Å². The average molecular weight is 301 g/mol. The molecule has 5 nitrogen and oxygen atoms in total. The van der Waals surface area contributed by atoms with Gasteiger partial charge in [-0.15, -0.1) is 0 Å². The van der Waals surface area contributed by atoms with Crippen molar-refractivity contribution in [2.45, 2.75) is 39.3 Å². The molecule has 6 heteroatoms. The highest BCUT2D eigenvalue weighted by Gasteiger charge is 2.21. The van der Waals surface area contributed by atoms with Crippen LogP contribution < -0.4 is 5.32 Å². The highest BCUT2D eigenvalue weighted by Crippen LogP contribution is 2.22. The number of hydrogen-bond donors (Lipinski definition) is 2. The zero-order valence-electron chi connectivity index (χ0n) is 12.0. The summed E-state index contributed by atoms with van der Waals surface area (Å²) < 4.78 is 0. The molecule has 0 bridgehead atoms. The first-order valence-corrected chi connectivity index (χ1v) is 6.95. The Balaban J connectivity index is 2.62. The molecular formula is C14H21ClN2O3. The SMILES string of the molecule is CC(C)CC(C)(O)CNCc1cc([N+](=O)[O-])ccc1Cl. The van der Waals surface area contributed by atoms with Crippen molar-refractivity contribution >= 4 is 17.3 Å². The van der Waals surface area contributed by atoms with Gasteiger partial charge in [0.05, 0.1) is 10.5 Å². The van der Waals surface area contributed by atoms with Crippen LogP contribution in [0.25, 0.3) is 0 Å². The monoisotopic (exact) mass is 300 g/mol. The summed E-state index contributed by atoms with van der Waals surface area (Å²) in [6.45, 7) is 6.66. The van der Waals surface area contributed by atoms with Crippen molar-refractivity contribution in [2.75, 3.05) is 6.54 Å². The number of halogens is 1. The maximum Gasteiger partial charge on any atom is 0.269 e. The fourth-order valence-corrected chi connectivity index (χ4v) is 2.41. The normalized spacial score (nSPS) is 14.3. The third kappa shape index (κ3) is 5.45. The van der Waals surface area contributed by atoms with Gasteiger partial charge in [-0.25, -0.2) is 0 Å². The number of nitrogens with one attached hydrogen (secondary N) is 1. The maximum absolute atomic E-state index is 10.7. The number of benzene rings is 1. The van der Waals surface area contributed by atoms with Gasteiger partial charge >= 0.3 is 0 Å².